The third kappa shape index (κ3) is 4.03. The predicted molar refractivity (Wildman–Crippen MR) is 143 cm³/mol. The van der Waals surface area contributed by atoms with E-state index >= 15 is 0 Å². The van der Waals surface area contributed by atoms with Gasteiger partial charge in [0.2, 0.25) is 11.7 Å². The molecule has 0 bridgehead atoms. The molecule has 1 saturated heterocycles. The molecule has 0 unspecified atom stereocenters. The van der Waals surface area contributed by atoms with Crippen LogP contribution in [0.1, 0.15) is 39.7 Å². The van der Waals surface area contributed by atoms with E-state index in [0.29, 0.717) is 25.7 Å². The fourth-order valence-electron chi connectivity index (χ4n) is 5.34. The molecule has 2 aliphatic rings. The standard InChI is InChI=1S/C26H21N5O7S2/c1-12-18(17-8-29-10-28-20(25(29)40-17)23(33)16-7-27-11-39-16)22(30-21(12)19(13(2)32)24(30)34)26(35)38-9-14-3-5-15(6-4-14)31(36)37/h3-8,10-13,19,21,32H,9H2,1-2H3/t12-,13+,19+,21+/m0/s1. The van der Waals surface area contributed by atoms with Crippen molar-refractivity contribution in [1.29, 1.82) is 0 Å². The van der Waals surface area contributed by atoms with Gasteiger partial charge in [0, 0.05) is 36.0 Å². The van der Waals surface area contributed by atoms with Crippen LogP contribution in [0.5, 0.6) is 0 Å². The molecule has 2 aliphatic heterocycles. The Balaban J connectivity index is 1.36. The van der Waals surface area contributed by atoms with Gasteiger partial charge >= 0.3 is 5.97 Å². The minimum atomic E-state index is -0.903. The third-order valence-corrected chi connectivity index (χ3v) is 9.15. The number of aliphatic hydroxyl groups is 1. The van der Waals surface area contributed by atoms with Gasteiger partial charge in [-0.25, -0.2) is 9.78 Å². The number of amides is 1. The molecule has 14 heteroatoms. The molecular weight excluding hydrogens is 558 g/mol. The van der Waals surface area contributed by atoms with Gasteiger partial charge in [-0.15, -0.1) is 22.7 Å². The van der Waals surface area contributed by atoms with Gasteiger partial charge in [-0.2, -0.15) is 0 Å². The number of β-lactam (4-membered cyclic amide) rings is 1. The first-order chi connectivity index (χ1) is 19.2. The van der Waals surface area contributed by atoms with Crippen molar-refractivity contribution in [3.8, 4) is 0 Å². The van der Waals surface area contributed by atoms with Crippen LogP contribution in [0.25, 0.3) is 10.4 Å². The molecule has 0 saturated carbocycles. The van der Waals surface area contributed by atoms with E-state index in [4.69, 9.17) is 4.74 Å². The molecule has 0 spiro atoms. The van der Waals surface area contributed by atoms with E-state index in [9.17, 15) is 29.6 Å². The second-order valence-electron chi connectivity index (χ2n) is 9.61. The zero-order valence-electron chi connectivity index (χ0n) is 21.1. The highest BCUT2D eigenvalue weighted by Gasteiger charge is 2.60. The number of imidazole rings is 1. The van der Waals surface area contributed by atoms with Gasteiger partial charge in [0.25, 0.3) is 5.69 Å². The quantitative estimate of drug-likeness (QED) is 0.109. The Bertz CT molecular complexity index is 1700. The van der Waals surface area contributed by atoms with E-state index in [0.717, 1.165) is 0 Å². The number of esters is 1. The van der Waals surface area contributed by atoms with Crippen LogP contribution in [0.2, 0.25) is 0 Å². The van der Waals surface area contributed by atoms with Crippen LogP contribution in [0.3, 0.4) is 0 Å². The Morgan fingerprint density at radius 1 is 1.27 bits per heavy atom. The molecule has 1 amide bonds. The van der Waals surface area contributed by atoms with Crippen molar-refractivity contribution in [2.24, 2.45) is 11.8 Å². The van der Waals surface area contributed by atoms with Crippen LogP contribution in [0, 0.1) is 22.0 Å². The first-order valence-electron chi connectivity index (χ1n) is 12.2. The molecule has 0 radical (unpaired) electrons. The summed E-state index contributed by atoms with van der Waals surface area (Å²) in [5.41, 5.74) is 2.96. The number of fused-ring (bicyclic) bond motifs is 2. The van der Waals surface area contributed by atoms with Crippen LogP contribution < -0.4 is 0 Å². The number of ketones is 1. The fourth-order valence-corrected chi connectivity index (χ4v) is 7.11. The Labute approximate surface area is 234 Å². The monoisotopic (exact) mass is 579 g/mol. The predicted octanol–water partition coefficient (Wildman–Crippen LogP) is 3.30. The average Bonchev–Trinajstić information content (AvgIpc) is 3.70. The summed E-state index contributed by atoms with van der Waals surface area (Å²) in [4.78, 5) is 61.3. The molecule has 4 aromatic rings. The number of nitrogens with zero attached hydrogens (tertiary/aromatic N) is 5. The number of nitro benzene ring substituents is 1. The number of aliphatic hydroxyl groups excluding tert-OH is 1. The van der Waals surface area contributed by atoms with E-state index in [1.807, 2.05) is 6.92 Å². The Kier molecular flexibility index (Phi) is 6.32. The molecule has 6 rings (SSSR count). The number of aromatic nitrogens is 3. The van der Waals surface area contributed by atoms with Gasteiger partial charge < -0.3 is 14.7 Å². The maximum absolute atomic E-state index is 13.5. The maximum atomic E-state index is 13.5. The van der Waals surface area contributed by atoms with Crippen molar-refractivity contribution < 1.29 is 29.2 Å². The largest absolute Gasteiger partial charge is 0.456 e. The van der Waals surface area contributed by atoms with Crippen molar-refractivity contribution >= 4 is 56.4 Å². The highest BCUT2D eigenvalue weighted by atomic mass is 32.1. The molecular formula is C26H21N5O7S2. The van der Waals surface area contributed by atoms with Crippen LogP contribution >= 0.6 is 22.7 Å². The van der Waals surface area contributed by atoms with E-state index in [2.05, 4.69) is 9.97 Å². The molecule has 204 valence electrons. The van der Waals surface area contributed by atoms with Crippen molar-refractivity contribution in [3.05, 3.63) is 85.3 Å². The molecule has 12 nitrogen and oxygen atoms in total. The normalized spacial score (nSPS) is 20.9. The van der Waals surface area contributed by atoms with Gasteiger partial charge in [-0.3, -0.25) is 29.1 Å². The SMILES string of the molecule is C[C@@H](O)[C@H]1C(=O)N2C(C(=O)OCc3ccc([N+](=O)[O-])cc3)=C(c3cn4cnc(C(=O)c5cncs5)c4s3)[C@H](C)[C@H]12. The first kappa shape index (κ1) is 26.0. The lowest BCUT2D eigenvalue weighted by Gasteiger charge is -2.46. The summed E-state index contributed by atoms with van der Waals surface area (Å²) in [6.07, 6.45) is 3.87. The smallest absolute Gasteiger partial charge is 0.355 e. The number of rotatable bonds is 8. The number of nitro groups is 1. The molecule has 1 N–H and O–H groups in total. The van der Waals surface area contributed by atoms with Crippen LogP contribution in [0.15, 0.2) is 54.2 Å². The van der Waals surface area contributed by atoms with E-state index in [-0.39, 0.29) is 41.3 Å². The van der Waals surface area contributed by atoms with Gasteiger partial charge in [-0.1, -0.05) is 6.92 Å². The number of ether oxygens (including phenoxy) is 1. The van der Waals surface area contributed by atoms with Crippen LogP contribution in [-0.2, 0) is 20.9 Å². The molecule has 4 atom stereocenters. The minimum Gasteiger partial charge on any atom is -0.456 e. The van der Waals surface area contributed by atoms with E-state index in [1.54, 1.807) is 23.0 Å². The van der Waals surface area contributed by atoms with Crippen LogP contribution in [0.4, 0.5) is 5.69 Å². The number of carbonyl (C=O) groups excluding carboxylic acids is 3. The van der Waals surface area contributed by atoms with Gasteiger partial charge in [0.05, 0.1) is 38.3 Å². The molecule has 5 heterocycles. The van der Waals surface area contributed by atoms with Crippen molar-refractivity contribution in [2.45, 2.75) is 32.6 Å². The minimum absolute atomic E-state index is 0.0837. The Morgan fingerprint density at radius 2 is 2.02 bits per heavy atom. The van der Waals surface area contributed by atoms with Crippen molar-refractivity contribution in [3.63, 3.8) is 0 Å². The lowest BCUT2D eigenvalue weighted by atomic mass is 9.77. The number of benzene rings is 1. The fraction of sp³-hybridized carbons (Fsp3) is 0.269. The van der Waals surface area contributed by atoms with Crippen molar-refractivity contribution in [2.75, 3.05) is 0 Å². The van der Waals surface area contributed by atoms with E-state index in [1.165, 1.54) is 64.4 Å². The average molecular weight is 580 g/mol. The lowest BCUT2D eigenvalue weighted by Crippen LogP contribution is -2.63. The number of hydrogen-bond donors (Lipinski definition) is 1. The summed E-state index contributed by atoms with van der Waals surface area (Å²) >= 11 is 2.49. The molecule has 1 fully saturated rings. The second-order valence-corrected chi connectivity index (χ2v) is 11.5. The summed E-state index contributed by atoms with van der Waals surface area (Å²) in [6.45, 7) is 3.29. The van der Waals surface area contributed by atoms with Gasteiger partial charge in [-0.05, 0) is 24.6 Å². The molecule has 0 aliphatic carbocycles. The lowest BCUT2D eigenvalue weighted by molar-refractivity contribution is -0.384. The first-order valence-corrected chi connectivity index (χ1v) is 13.9. The Hall–Kier alpha value is -4.27. The highest BCUT2D eigenvalue weighted by molar-refractivity contribution is 7.19. The molecule has 1 aromatic carbocycles. The van der Waals surface area contributed by atoms with Crippen molar-refractivity contribution in [1.82, 2.24) is 19.3 Å². The topological polar surface area (TPSA) is 157 Å². The summed E-state index contributed by atoms with van der Waals surface area (Å²) < 4.78 is 7.28. The second kappa shape index (κ2) is 9.73. The van der Waals surface area contributed by atoms with E-state index < -0.39 is 29.0 Å². The highest BCUT2D eigenvalue weighted by Crippen LogP contribution is 2.52. The number of carbonyl (C=O) groups is 3. The molecule has 3 aromatic heterocycles. The Morgan fingerprint density at radius 3 is 2.67 bits per heavy atom. The summed E-state index contributed by atoms with van der Waals surface area (Å²) in [5, 5.41) is 21.2. The van der Waals surface area contributed by atoms with Crippen LogP contribution in [-0.4, -0.2) is 59.1 Å². The maximum Gasteiger partial charge on any atom is 0.355 e. The zero-order valence-corrected chi connectivity index (χ0v) is 22.7. The number of thiazole rings is 2. The summed E-state index contributed by atoms with van der Waals surface area (Å²) in [7, 11) is 0. The molecule has 40 heavy (non-hydrogen) atoms. The zero-order chi connectivity index (χ0) is 28.3. The number of hydrogen-bond acceptors (Lipinski definition) is 11. The summed E-state index contributed by atoms with van der Waals surface area (Å²) in [6, 6.07) is 5.21. The van der Waals surface area contributed by atoms with Gasteiger partial charge in [0.15, 0.2) is 0 Å². The summed E-state index contributed by atoms with van der Waals surface area (Å²) in [5.74, 6) is -2.33. The van der Waals surface area contributed by atoms with Gasteiger partial charge in [0.1, 0.15) is 29.2 Å². The number of non-ortho nitro benzene ring substituents is 1. The third-order valence-electron chi connectivity index (χ3n) is 7.23.